The van der Waals surface area contributed by atoms with Gasteiger partial charge in [0.05, 0.1) is 13.2 Å². The minimum Gasteiger partial charge on any atom is -0.488 e. The molecule has 0 aliphatic heterocycles. The Morgan fingerprint density at radius 2 is 1.19 bits per heavy atom. The van der Waals surface area contributed by atoms with Gasteiger partial charge in [-0.3, -0.25) is 22.4 Å². The van der Waals surface area contributed by atoms with Crippen molar-refractivity contribution in [2.24, 2.45) is 0 Å². The maximum atomic E-state index is 10.6. The molecule has 0 aromatic carbocycles. The van der Waals surface area contributed by atoms with Gasteiger partial charge in [0.15, 0.2) is 11.9 Å². The van der Waals surface area contributed by atoms with Crippen LogP contribution in [0, 0.1) is 12.8 Å². The normalized spacial score (nSPS) is 8.57. The number of esters is 2. The molecule has 0 saturated heterocycles. The van der Waals surface area contributed by atoms with E-state index in [9.17, 15) is 9.59 Å². The van der Waals surface area contributed by atoms with Crippen LogP contribution >= 0.6 is 25.3 Å². The second-order valence-electron chi connectivity index (χ2n) is 3.82. The molecule has 4 nitrogen and oxygen atoms in total. The molecule has 0 aliphatic carbocycles. The van der Waals surface area contributed by atoms with E-state index in [2.05, 4.69) is 39.1 Å². The standard InChI is InChI=1S/2C7H13O2S.Zn/c2*1-2-3-5-9-7(8)4-6-10;/h2*4,10H,2-3,5-6H2,1H3;/q2*-1;+2. The zero-order chi connectivity index (χ0) is 15.6. The summed E-state index contributed by atoms with van der Waals surface area (Å²) in [7, 11) is 0. The van der Waals surface area contributed by atoms with Crippen molar-refractivity contribution in [3.05, 3.63) is 12.8 Å². The van der Waals surface area contributed by atoms with Crippen molar-refractivity contribution in [1.29, 1.82) is 0 Å². The van der Waals surface area contributed by atoms with Crippen molar-refractivity contribution in [3.63, 3.8) is 0 Å². The number of hydrogen-bond donors (Lipinski definition) is 2. The molecule has 0 spiro atoms. The van der Waals surface area contributed by atoms with Gasteiger partial charge in [-0.2, -0.15) is 0 Å². The Labute approximate surface area is 152 Å². The predicted molar refractivity (Wildman–Crippen MR) is 88.0 cm³/mol. The van der Waals surface area contributed by atoms with Gasteiger partial charge in [0, 0.05) is 0 Å². The summed E-state index contributed by atoms with van der Waals surface area (Å²) < 4.78 is 9.56. The van der Waals surface area contributed by atoms with Gasteiger partial charge >= 0.3 is 19.5 Å². The Morgan fingerprint density at radius 1 is 0.857 bits per heavy atom. The van der Waals surface area contributed by atoms with Gasteiger partial charge in [-0.1, -0.05) is 26.7 Å². The number of unbranched alkanes of at least 4 members (excludes halogenated alkanes) is 2. The van der Waals surface area contributed by atoms with Gasteiger partial charge in [0.25, 0.3) is 0 Å². The molecule has 0 radical (unpaired) electrons. The molecular formula is C14H26O4S2Zn. The Balaban J connectivity index is -0.000000295. The molecule has 0 atom stereocenters. The van der Waals surface area contributed by atoms with Gasteiger partial charge in [0.2, 0.25) is 0 Å². The molecule has 0 aromatic rings. The predicted octanol–water partition coefficient (Wildman–Crippen LogP) is 2.93. The van der Waals surface area contributed by atoms with E-state index in [1.54, 1.807) is 0 Å². The van der Waals surface area contributed by atoms with Gasteiger partial charge in [0.1, 0.15) is 0 Å². The molecule has 21 heavy (non-hydrogen) atoms. The maximum absolute atomic E-state index is 10.6. The van der Waals surface area contributed by atoms with Crippen molar-refractivity contribution in [1.82, 2.24) is 0 Å². The average molecular weight is 388 g/mol. The molecule has 0 fully saturated rings. The van der Waals surface area contributed by atoms with E-state index in [1.807, 2.05) is 0 Å². The Bertz CT molecular complexity index is 217. The van der Waals surface area contributed by atoms with E-state index in [0.717, 1.165) is 25.7 Å². The molecule has 0 aromatic heterocycles. The van der Waals surface area contributed by atoms with Crippen LogP contribution in [-0.2, 0) is 38.5 Å². The number of rotatable bonds is 10. The fraction of sp³-hybridized carbons (Fsp3) is 0.714. The summed E-state index contributed by atoms with van der Waals surface area (Å²) in [5.74, 6) is 0.377. The topological polar surface area (TPSA) is 52.6 Å². The Morgan fingerprint density at radius 3 is 1.43 bits per heavy atom. The second-order valence-corrected chi connectivity index (χ2v) is 4.55. The summed E-state index contributed by atoms with van der Waals surface area (Å²) in [6.45, 7) is 5.16. The quantitative estimate of drug-likeness (QED) is 0.199. The summed E-state index contributed by atoms with van der Waals surface area (Å²) in [6.07, 6.45) is 6.80. The molecule has 0 rings (SSSR count). The van der Waals surface area contributed by atoms with Crippen molar-refractivity contribution in [3.8, 4) is 0 Å². The van der Waals surface area contributed by atoms with Crippen molar-refractivity contribution < 1.29 is 38.5 Å². The van der Waals surface area contributed by atoms with Crippen LogP contribution < -0.4 is 0 Å². The first-order valence-corrected chi connectivity index (χ1v) is 8.10. The number of carbonyl (C=O) groups excluding carboxylic acids is 2. The van der Waals surface area contributed by atoms with Crippen molar-refractivity contribution in [2.45, 2.75) is 39.5 Å². The summed E-state index contributed by atoms with van der Waals surface area (Å²) in [5.41, 5.74) is 0. The fourth-order valence-electron chi connectivity index (χ4n) is 0.901. The second kappa shape index (κ2) is 22.3. The monoisotopic (exact) mass is 386 g/mol. The number of hydrogen-bond acceptors (Lipinski definition) is 6. The minimum absolute atomic E-state index is 0. The van der Waals surface area contributed by atoms with Crippen LogP contribution in [0.3, 0.4) is 0 Å². The first-order chi connectivity index (χ1) is 9.62. The summed E-state index contributed by atoms with van der Waals surface area (Å²) in [5, 5.41) is 0. The number of ether oxygens (including phenoxy) is 2. The zero-order valence-corrected chi connectivity index (χ0v) is 17.8. The molecule has 0 unspecified atom stereocenters. The molecule has 0 bridgehead atoms. The third-order valence-corrected chi connectivity index (χ3v) is 2.37. The smallest absolute Gasteiger partial charge is 0.488 e. The van der Waals surface area contributed by atoms with Crippen LogP contribution in [0.4, 0.5) is 0 Å². The molecule has 120 valence electrons. The molecule has 0 heterocycles. The van der Waals surface area contributed by atoms with Gasteiger partial charge in [-0.15, -0.1) is 11.5 Å². The summed E-state index contributed by atoms with van der Waals surface area (Å²) in [6, 6.07) is 0. The minimum atomic E-state index is -0.261. The van der Waals surface area contributed by atoms with Gasteiger partial charge in [-0.25, -0.2) is 25.3 Å². The summed E-state index contributed by atoms with van der Waals surface area (Å²) >= 11 is 7.70. The van der Waals surface area contributed by atoms with Crippen LogP contribution in [0.2, 0.25) is 0 Å². The SMILES string of the molecule is CCCCOC(=O)[CH-]CS.CCCCOC(=O)[CH-]CS.[Zn+2]. The molecule has 0 aliphatic rings. The van der Waals surface area contributed by atoms with Gasteiger partial charge in [-0.05, 0) is 12.8 Å². The molecular weight excluding hydrogens is 362 g/mol. The van der Waals surface area contributed by atoms with Crippen LogP contribution in [0.25, 0.3) is 0 Å². The largest absolute Gasteiger partial charge is 2.00 e. The zero-order valence-electron chi connectivity index (χ0n) is 13.0. The Kier molecular flexibility index (Phi) is 27.5. The van der Waals surface area contributed by atoms with E-state index in [4.69, 9.17) is 9.47 Å². The van der Waals surface area contributed by atoms with Crippen LogP contribution in [0.5, 0.6) is 0 Å². The van der Waals surface area contributed by atoms with E-state index in [1.165, 1.54) is 12.8 Å². The number of carbonyl (C=O) groups is 2. The van der Waals surface area contributed by atoms with Crippen molar-refractivity contribution >= 4 is 37.2 Å². The van der Waals surface area contributed by atoms with E-state index in [0.29, 0.717) is 24.7 Å². The maximum Gasteiger partial charge on any atom is 2.00 e. The molecule has 0 saturated carbocycles. The van der Waals surface area contributed by atoms with E-state index < -0.39 is 0 Å². The third kappa shape index (κ3) is 25.3. The van der Waals surface area contributed by atoms with Crippen LogP contribution in [0.1, 0.15) is 39.5 Å². The molecule has 0 amide bonds. The molecule has 0 N–H and O–H groups in total. The van der Waals surface area contributed by atoms with Crippen LogP contribution in [-0.4, -0.2) is 36.7 Å². The fourth-order valence-corrected chi connectivity index (χ4v) is 1.20. The van der Waals surface area contributed by atoms with E-state index in [-0.39, 0.29) is 31.4 Å². The molecule has 7 heteroatoms. The average Bonchev–Trinajstić information content (AvgIpc) is 2.41. The van der Waals surface area contributed by atoms with Crippen LogP contribution in [0.15, 0.2) is 0 Å². The first-order valence-electron chi connectivity index (χ1n) is 6.83. The Hall–Kier alpha value is 0.00338. The summed E-state index contributed by atoms with van der Waals surface area (Å²) in [4.78, 5) is 21.2. The van der Waals surface area contributed by atoms with Gasteiger partial charge < -0.3 is 9.47 Å². The third-order valence-electron chi connectivity index (χ3n) is 2.00. The van der Waals surface area contributed by atoms with E-state index >= 15 is 0 Å². The first kappa shape index (κ1) is 25.9. The number of thiol groups is 2. The van der Waals surface area contributed by atoms with Crippen molar-refractivity contribution in [2.75, 3.05) is 24.7 Å².